The van der Waals surface area contributed by atoms with Crippen LogP contribution in [0.15, 0.2) is 48.2 Å². The fourth-order valence-electron chi connectivity index (χ4n) is 4.17. The summed E-state index contributed by atoms with van der Waals surface area (Å²) in [6.07, 6.45) is 5.30. The lowest BCUT2D eigenvalue weighted by Gasteiger charge is -2.27. The molecule has 2 aliphatic rings. The van der Waals surface area contributed by atoms with Crippen LogP contribution >= 0.6 is 0 Å². The number of aryl methyl sites for hydroxylation is 2. The Labute approximate surface area is 221 Å². The van der Waals surface area contributed by atoms with E-state index in [4.69, 9.17) is 25.4 Å². The number of carboxylic acids is 4. The van der Waals surface area contributed by atoms with Gasteiger partial charge in [-0.1, -0.05) is 35.9 Å². The van der Waals surface area contributed by atoms with E-state index in [2.05, 4.69) is 48.3 Å². The van der Waals surface area contributed by atoms with Crippen molar-refractivity contribution in [1.29, 1.82) is 0 Å². The molecule has 1 aliphatic carbocycles. The fourth-order valence-corrected chi connectivity index (χ4v) is 4.17. The van der Waals surface area contributed by atoms with E-state index in [9.17, 15) is 19.2 Å². The van der Waals surface area contributed by atoms with Crippen LogP contribution in [0.5, 0.6) is 0 Å². The molecule has 1 aliphatic heterocycles. The van der Waals surface area contributed by atoms with Gasteiger partial charge >= 0.3 is 23.9 Å². The maximum atomic E-state index is 9.64. The summed E-state index contributed by atoms with van der Waals surface area (Å²) >= 11 is 0. The van der Waals surface area contributed by atoms with Crippen molar-refractivity contribution in [3.63, 3.8) is 0 Å². The molecule has 10 nitrogen and oxygen atoms in total. The number of benzene rings is 1. The van der Waals surface area contributed by atoms with Gasteiger partial charge in [-0.15, -0.1) is 0 Å². The predicted octanol–water partition coefficient (Wildman–Crippen LogP) is 3.58. The topological polar surface area (TPSA) is 165 Å². The van der Waals surface area contributed by atoms with Gasteiger partial charge in [-0.3, -0.25) is 24.2 Å². The van der Waals surface area contributed by atoms with Crippen LogP contribution in [0.4, 0.5) is 0 Å². The molecule has 0 atom stereocenters. The predicted molar refractivity (Wildman–Crippen MR) is 140 cm³/mol. The minimum atomic E-state index is -1.08. The number of fused-ring (bicyclic) bond motifs is 2. The minimum Gasteiger partial charge on any atom is -0.481 e. The highest BCUT2D eigenvalue weighted by Crippen LogP contribution is 2.37. The first kappa shape index (κ1) is 30.2. The first-order valence-corrected chi connectivity index (χ1v) is 12.4. The maximum Gasteiger partial charge on any atom is 0.303 e. The summed E-state index contributed by atoms with van der Waals surface area (Å²) in [6.45, 7) is 2.31. The average molecular weight is 527 g/mol. The van der Waals surface area contributed by atoms with Crippen molar-refractivity contribution in [3.05, 3.63) is 70.6 Å². The molecule has 0 amide bonds. The van der Waals surface area contributed by atoms with Crippen molar-refractivity contribution < 1.29 is 39.6 Å². The molecule has 38 heavy (non-hydrogen) atoms. The van der Waals surface area contributed by atoms with E-state index in [-0.39, 0.29) is 25.7 Å². The Morgan fingerprint density at radius 3 is 1.71 bits per heavy atom. The van der Waals surface area contributed by atoms with E-state index in [1.807, 2.05) is 6.20 Å². The van der Waals surface area contributed by atoms with Gasteiger partial charge in [0.15, 0.2) is 0 Å². The van der Waals surface area contributed by atoms with Gasteiger partial charge in [-0.2, -0.15) is 0 Å². The summed E-state index contributed by atoms with van der Waals surface area (Å²) in [7, 11) is 2.22. The maximum absolute atomic E-state index is 9.64. The summed E-state index contributed by atoms with van der Waals surface area (Å²) < 4.78 is 0. The number of likely N-dealkylation sites (tertiary alicyclic amines) is 1. The van der Waals surface area contributed by atoms with Crippen molar-refractivity contribution in [1.82, 2.24) is 9.88 Å². The molecule has 0 unspecified atom stereocenters. The molecule has 1 aromatic carbocycles. The number of rotatable bonds is 6. The van der Waals surface area contributed by atoms with Gasteiger partial charge in [0.25, 0.3) is 0 Å². The largest absolute Gasteiger partial charge is 0.481 e. The van der Waals surface area contributed by atoms with E-state index in [1.54, 1.807) is 5.57 Å². The zero-order chi connectivity index (χ0) is 28.1. The van der Waals surface area contributed by atoms with Crippen LogP contribution in [0.25, 0.3) is 5.57 Å². The van der Waals surface area contributed by atoms with Crippen LogP contribution < -0.4 is 0 Å². The molecular weight excluding hydrogens is 492 g/mol. The number of hydrogen-bond donors (Lipinski definition) is 4. The summed E-state index contributed by atoms with van der Waals surface area (Å²) in [4.78, 5) is 45.8. The Hall–Kier alpha value is -4.05. The Morgan fingerprint density at radius 1 is 0.711 bits per heavy atom. The van der Waals surface area contributed by atoms with E-state index < -0.39 is 23.9 Å². The van der Waals surface area contributed by atoms with Gasteiger partial charge in [0.05, 0.1) is 31.4 Å². The number of piperidine rings is 1. The number of carbonyl (C=O) groups is 4. The molecule has 1 fully saturated rings. The van der Waals surface area contributed by atoms with Gasteiger partial charge in [0.2, 0.25) is 0 Å². The zero-order valence-electron chi connectivity index (χ0n) is 21.4. The van der Waals surface area contributed by atoms with Crippen LogP contribution in [0.3, 0.4) is 0 Å². The molecule has 1 saturated heterocycles. The third-order valence-electron chi connectivity index (χ3n) is 6.13. The fraction of sp³-hybridized carbons (Fsp3) is 0.393. The van der Waals surface area contributed by atoms with Gasteiger partial charge < -0.3 is 25.3 Å². The quantitative estimate of drug-likeness (QED) is 0.437. The van der Waals surface area contributed by atoms with E-state index in [0.29, 0.717) is 0 Å². The first-order chi connectivity index (χ1) is 18.1. The molecule has 2 aromatic rings. The normalized spacial score (nSPS) is 14.3. The van der Waals surface area contributed by atoms with E-state index >= 15 is 0 Å². The summed E-state index contributed by atoms with van der Waals surface area (Å²) in [5.74, 6) is -4.31. The third kappa shape index (κ3) is 10.1. The number of pyridine rings is 1. The number of carboxylic acid groups (broad SMARTS) is 4. The third-order valence-corrected chi connectivity index (χ3v) is 6.13. The Balaban J connectivity index is 0.000000264. The highest BCUT2D eigenvalue weighted by atomic mass is 16.4. The molecule has 4 N–H and O–H groups in total. The number of aromatic nitrogens is 1. The van der Waals surface area contributed by atoms with Gasteiger partial charge in [-0.25, -0.2) is 0 Å². The molecule has 2 heterocycles. The second-order valence-electron chi connectivity index (χ2n) is 9.03. The SMILES string of the molecule is CN1CCC(=C2c3ccccc3CCc3cccnc32)CC1.O=C(O)CCC(=O)O.O=C(O)CCC(=O)O. The van der Waals surface area contributed by atoms with Crippen LogP contribution in [-0.4, -0.2) is 74.3 Å². The molecule has 0 saturated carbocycles. The summed E-state index contributed by atoms with van der Waals surface area (Å²) in [5, 5.41) is 31.6. The van der Waals surface area contributed by atoms with Crippen LogP contribution in [0.1, 0.15) is 60.9 Å². The molecule has 0 bridgehead atoms. The van der Waals surface area contributed by atoms with E-state index in [1.165, 1.54) is 28.0 Å². The lowest BCUT2D eigenvalue weighted by atomic mass is 9.89. The molecule has 204 valence electrons. The Kier molecular flexibility index (Phi) is 12.1. The molecule has 1 aromatic heterocycles. The molecule has 10 heteroatoms. The van der Waals surface area contributed by atoms with Crippen molar-refractivity contribution in [2.45, 2.75) is 51.4 Å². The van der Waals surface area contributed by atoms with Gasteiger partial charge in [0, 0.05) is 24.9 Å². The second kappa shape index (κ2) is 15.3. The molecule has 4 rings (SSSR count). The van der Waals surface area contributed by atoms with Crippen LogP contribution in [-0.2, 0) is 32.0 Å². The van der Waals surface area contributed by atoms with Crippen LogP contribution in [0, 0.1) is 0 Å². The van der Waals surface area contributed by atoms with Crippen LogP contribution in [0.2, 0.25) is 0 Å². The van der Waals surface area contributed by atoms with Gasteiger partial charge in [-0.05, 0) is 55.5 Å². The summed E-state index contributed by atoms with van der Waals surface area (Å²) in [5.41, 5.74) is 8.54. The lowest BCUT2D eigenvalue weighted by molar-refractivity contribution is -0.143. The minimum absolute atomic E-state index is 0.296. The van der Waals surface area contributed by atoms with Gasteiger partial charge in [0.1, 0.15) is 0 Å². The Bertz CT molecular complexity index is 1060. The lowest BCUT2D eigenvalue weighted by Crippen LogP contribution is -2.27. The number of hydrogen-bond acceptors (Lipinski definition) is 6. The van der Waals surface area contributed by atoms with Crippen molar-refractivity contribution >= 4 is 29.5 Å². The molecular formula is C28H34N2O8. The Morgan fingerprint density at radius 2 is 1.18 bits per heavy atom. The molecule has 0 radical (unpaired) electrons. The highest BCUT2D eigenvalue weighted by molar-refractivity contribution is 5.84. The molecule has 0 spiro atoms. The second-order valence-corrected chi connectivity index (χ2v) is 9.03. The van der Waals surface area contributed by atoms with Crippen molar-refractivity contribution in [3.8, 4) is 0 Å². The smallest absolute Gasteiger partial charge is 0.303 e. The first-order valence-electron chi connectivity index (χ1n) is 12.4. The standard InChI is InChI=1S/C20H22N2.2C4H6O4/c1-22-13-10-16(11-14-22)19-18-7-3-2-5-15(18)8-9-17-6-4-12-21-20(17)19;2*5-3(6)1-2-4(7)8/h2-7,12H,8-11,13-14H2,1H3;2*1-2H2,(H,5,6)(H,7,8). The average Bonchev–Trinajstić information content (AvgIpc) is 3.05. The summed E-state index contributed by atoms with van der Waals surface area (Å²) in [6, 6.07) is 13.2. The highest BCUT2D eigenvalue weighted by Gasteiger charge is 2.23. The monoisotopic (exact) mass is 526 g/mol. The van der Waals surface area contributed by atoms with Crippen molar-refractivity contribution in [2.24, 2.45) is 0 Å². The zero-order valence-corrected chi connectivity index (χ0v) is 21.4. The van der Waals surface area contributed by atoms with E-state index in [0.717, 1.165) is 38.8 Å². The number of aliphatic carboxylic acids is 4. The number of nitrogens with zero attached hydrogens (tertiary/aromatic N) is 2. The van der Waals surface area contributed by atoms with Crippen molar-refractivity contribution in [2.75, 3.05) is 20.1 Å².